The van der Waals surface area contributed by atoms with Gasteiger partial charge in [0.1, 0.15) is 0 Å². The lowest BCUT2D eigenvalue weighted by Gasteiger charge is -2.28. The minimum Gasteiger partial charge on any atom is -0.304 e. The fourth-order valence-corrected chi connectivity index (χ4v) is 2.08. The van der Waals surface area contributed by atoms with Gasteiger partial charge in [-0.2, -0.15) is 5.26 Å². The maximum atomic E-state index is 8.99. The van der Waals surface area contributed by atoms with Gasteiger partial charge in [0.25, 0.3) is 0 Å². The van der Waals surface area contributed by atoms with Crippen LogP contribution in [0.15, 0.2) is 24.3 Å². The Bertz CT molecular complexity index is 438. The van der Waals surface area contributed by atoms with Gasteiger partial charge in [0.2, 0.25) is 0 Å². The molecule has 1 rings (SSSR count). The SMILES string of the molecule is CC(C)(C)NC(CC#N)c1ccc(C(C)(C)C)cc1. The van der Waals surface area contributed by atoms with Gasteiger partial charge in [0.05, 0.1) is 12.5 Å². The molecule has 2 heteroatoms. The molecule has 2 nitrogen and oxygen atoms in total. The van der Waals surface area contributed by atoms with Crippen molar-refractivity contribution in [2.45, 2.75) is 65.0 Å². The number of hydrogen-bond donors (Lipinski definition) is 1. The fourth-order valence-electron chi connectivity index (χ4n) is 2.08. The third-order valence-corrected chi connectivity index (χ3v) is 3.08. The van der Waals surface area contributed by atoms with Crippen molar-refractivity contribution < 1.29 is 0 Å². The molecule has 0 bridgehead atoms. The Balaban J connectivity index is 2.96. The van der Waals surface area contributed by atoms with E-state index in [0.29, 0.717) is 6.42 Å². The van der Waals surface area contributed by atoms with Crippen LogP contribution in [-0.2, 0) is 5.41 Å². The van der Waals surface area contributed by atoms with Gasteiger partial charge in [-0.05, 0) is 37.3 Å². The van der Waals surface area contributed by atoms with Gasteiger partial charge in [-0.15, -0.1) is 0 Å². The molecule has 0 aromatic heterocycles. The number of benzene rings is 1. The highest BCUT2D eigenvalue weighted by molar-refractivity contribution is 5.29. The Morgan fingerprint density at radius 3 is 1.95 bits per heavy atom. The molecular weight excluding hydrogens is 232 g/mol. The third kappa shape index (κ3) is 5.04. The Hall–Kier alpha value is -1.33. The first-order chi connectivity index (χ1) is 8.63. The lowest BCUT2D eigenvalue weighted by atomic mass is 9.86. The van der Waals surface area contributed by atoms with Gasteiger partial charge < -0.3 is 5.32 Å². The van der Waals surface area contributed by atoms with Crippen LogP contribution in [0.2, 0.25) is 0 Å². The van der Waals surface area contributed by atoms with Crippen molar-refractivity contribution >= 4 is 0 Å². The van der Waals surface area contributed by atoms with E-state index < -0.39 is 0 Å². The lowest BCUT2D eigenvalue weighted by molar-refractivity contribution is 0.366. The first kappa shape index (κ1) is 15.7. The first-order valence-electron chi connectivity index (χ1n) is 6.88. The summed E-state index contributed by atoms with van der Waals surface area (Å²) in [6.45, 7) is 13.0. The van der Waals surface area contributed by atoms with Gasteiger partial charge in [0.15, 0.2) is 0 Å². The minimum absolute atomic E-state index is 0.00418. The van der Waals surface area contributed by atoms with Crippen molar-refractivity contribution in [2.75, 3.05) is 0 Å². The Labute approximate surface area is 117 Å². The minimum atomic E-state index is 0.00418. The quantitative estimate of drug-likeness (QED) is 0.876. The maximum Gasteiger partial charge on any atom is 0.0641 e. The topological polar surface area (TPSA) is 35.8 Å². The predicted molar refractivity (Wildman–Crippen MR) is 81.0 cm³/mol. The van der Waals surface area contributed by atoms with E-state index in [-0.39, 0.29) is 17.0 Å². The molecule has 0 saturated carbocycles. The molecule has 0 radical (unpaired) electrons. The van der Waals surface area contributed by atoms with E-state index in [4.69, 9.17) is 5.26 Å². The highest BCUT2D eigenvalue weighted by atomic mass is 15.0. The summed E-state index contributed by atoms with van der Waals surface area (Å²) >= 11 is 0. The van der Waals surface area contributed by atoms with Gasteiger partial charge in [-0.1, -0.05) is 45.0 Å². The zero-order valence-electron chi connectivity index (χ0n) is 13.0. The van der Waals surface area contributed by atoms with Crippen molar-refractivity contribution in [3.63, 3.8) is 0 Å². The van der Waals surface area contributed by atoms with Crippen LogP contribution in [0.4, 0.5) is 0 Å². The zero-order chi connectivity index (χ0) is 14.7. The van der Waals surface area contributed by atoms with Crippen molar-refractivity contribution in [1.82, 2.24) is 5.32 Å². The largest absolute Gasteiger partial charge is 0.304 e. The molecule has 104 valence electrons. The molecule has 0 amide bonds. The van der Waals surface area contributed by atoms with Crippen molar-refractivity contribution in [3.05, 3.63) is 35.4 Å². The molecule has 0 saturated heterocycles. The molecule has 1 atom stereocenters. The van der Waals surface area contributed by atoms with Crippen LogP contribution >= 0.6 is 0 Å². The third-order valence-electron chi connectivity index (χ3n) is 3.08. The van der Waals surface area contributed by atoms with Crippen LogP contribution in [0.5, 0.6) is 0 Å². The first-order valence-corrected chi connectivity index (χ1v) is 6.88. The predicted octanol–water partition coefficient (Wildman–Crippen LogP) is 4.33. The van der Waals surface area contributed by atoms with E-state index in [2.05, 4.69) is 77.2 Å². The van der Waals surface area contributed by atoms with E-state index in [0.717, 1.165) is 0 Å². The van der Waals surface area contributed by atoms with Crippen LogP contribution in [0, 0.1) is 11.3 Å². The number of nitrogens with zero attached hydrogens (tertiary/aromatic N) is 1. The molecule has 0 aliphatic heterocycles. The summed E-state index contributed by atoms with van der Waals surface area (Å²) in [4.78, 5) is 0. The summed E-state index contributed by atoms with van der Waals surface area (Å²) in [6, 6.07) is 11.0. The maximum absolute atomic E-state index is 8.99. The summed E-state index contributed by atoms with van der Waals surface area (Å²) in [5.41, 5.74) is 2.68. The zero-order valence-corrected chi connectivity index (χ0v) is 13.0. The van der Waals surface area contributed by atoms with Crippen LogP contribution in [-0.4, -0.2) is 5.54 Å². The summed E-state index contributed by atoms with van der Waals surface area (Å²) in [7, 11) is 0. The van der Waals surface area contributed by atoms with Crippen LogP contribution < -0.4 is 5.32 Å². The summed E-state index contributed by atoms with van der Waals surface area (Å²) in [5, 5.41) is 12.5. The van der Waals surface area contributed by atoms with E-state index in [1.807, 2.05) is 0 Å². The number of rotatable bonds is 3. The molecular formula is C17H26N2. The molecule has 0 aliphatic carbocycles. The van der Waals surface area contributed by atoms with Crippen molar-refractivity contribution in [2.24, 2.45) is 0 Å². The van der Waals surface area contributed by atoms with E-state index in [1.54, 1.807) is 0 Å². The van der Waals surface area contributed by atoms with E-state index in [1.165, 1.54) is 11.1 Å². The molecule has 0 spiro atoms. The average Bonchev–Trinajstić information content (AvgIpc) is 2.26. The van der Waals surface area contributed by atoms with Gasteiger partial charge in [-0.3, -0.25) is 0 Å². The number of nitriles is 1. The Kier molecular flexibility index (Phi) is 4.76. The second-order valence-corrected chi connectivity index (χ2v) is 7.18. The van der Waals surface area contributed by atoms with Crippen molar-refractivity contribution in [1.29, 1.82) is 5.26 Å². The molecule has 1 aromatic carbocycles. The van der Waals surface area contributed by atoms with E-state index in [9.17, 15) is 0 Å². The monoisotopic (exact) mass is 258 g/mol. The van der Waals surface area contributed by atoms with Gasteiger partial charge in [-0.25, -0.2) is 0 Å². The van der Waals surface area contributed by atoms with E-state index >= 15 is 0 Å². The van der Waals surface area contributed by atoms with Crippen LogP contribution in [0.25, 0.3) is 0 Å². The van der Waals surface area contributed by atoms with Crippen molar-refractivity contribution in [3.8, 4) is 6.07 Å². The molecule has 1 unspecified atom stereocenters. The average molecular weight is 258 g/mol. The molecule has 1 aromatic rings. The van der Waals surface area contributed by atoms with Gasteiger partial charge >= 0.3 is 0 Å². The van der Waals surface area contributed by atoms with Gasteiger partial charge in [0, 0.05) is 11.6 Å². The standard InChI is InChI=1S/C17H26N2/c1-16(2,3)14-9-7-13(8-10-14)15(11-12-18)19-17(4,5)6/h7-10,15,19H,11H2,1-6H3. The molecule has 0 aliphatic rings. The summed E-state index contributed by atoms with van der Waals surface area (Å²) in [5.74, 6) is 0. The summed E-state index contributed by atoms with van der Waals surface area (Å²) < 4.78 is 0. The Morgan fingerprint density at radius 2 is 1.58 bits per heavy atom. The second-order valence-electron chi connectivity index (χ2n) is 7.18. The summed E-state index contributed by atoms with van der Waals surface area (Å²) in [6.07, 6.45) is 0.492. The number of nitrogens with one attached hydrogen (secondary N) is 1. The Morgan fingerprint density at radius 1 is 1.05 bits per heavy atom. The number of hydrogen-bond acceptors (Lipinski definition) is 2. The highest BCUT2D eigenvalue weighted by Crippen LogP contribution is 2.25. The molecule has 0 fully saturated rings. The molecule has 1 N–H and O–H groups in total. The molecule has 0 heterocycles. The fraction of sp³-hybridized carbons (Fsp3) is 0.588. The highest BCUT2D eigenvalue weighted by Gasteiger charge is 2.19. The lowest BCUT2D eigenvalue weighted by Crippen LogP contribution is -2.38. The smallest absolute Gasteiger partial charge is 0.0641 e. The van der Waals surface area contributed by atoms with Crippen LogP contribution in [0.3, 0.4) is 0 Å². The van der Waals surface area contributed by atoms with Crippen LogP contribution in [0.1, 0.15) is 65.1 Å². The second kappa shape index (κ2) is 5.75. The molecule has 19 heavy (non-hydrogen) atoms. The normalized spacial score (nSPS) is 13.9.